The Balaban J connectivity index is 1.48. The Hall–Kier alpha value is -3.07. The van der Waals surface area contributed by atoms with Crippen molar-refractivity contribution >= 4 is 11.6 Å². The first-order valence-electron chi connectivity index (χ1n) is 11.0. The maximum atomic E-state index is 14.3. The summed E-state index contributed by atoms with van der Waals surface area (Å²) >= 11 is 0. The minimum absolute atomic E-state index is 0.0277. The van der Waals surface area contributed by atoms with Crippen LogP contribution in [0.1, 0.15) is 54.7 Å². The number of hydrogen-bond acceptors (Lipinski definition) is 4. The van der Waals surface area contributed by atoms with Gasteiger partial charge >= 0.3 is 0 Å². The molecule has 2 aliphatic rings. The van der Waals surface area contributed by atoms with Gasteiger partial charge in [-0.05, 0) is 25.5 Å². The van der Waals surface area contributed by atoms with Crippen molar-refractivity contribution in [1.82, 2.24) is 24.4 Å². The summed E-state index contributed by atoms with van der Waals surface area (Å²) < 4.78 is 29.0. The van der Waals surface area contributed by atoms with Crippen molar-refractivity contribution in [2.45, 2.75) is 51.7 Å². The van der Waals surface area contributed by atoms with E-state index in [0.29, 0.717) is 36.3 Å². The van der Waals surface area contributed by atoms with Crippen molar-refractivity contribution in [3.05, 3.63) is 68.8 Å². The Bertz CT molecular complexity index is 1250. The third kappa shape index (κ3) is 3.70. The summed E-state index contributed by atoms with van der Waals surface area (Å²) in [4.78, 5) is 33.4. The standard InChI is InChI=1S/C23H25F2N5O2/c1-14(31)28-9-7-19-17(13-28)23(32)30-22(26-19)11-20(27-30)21-4-2-3-8-29(21)12-15-5-6-16(24)10-18(15)25/h5-6,10-11,21,27H,2-4,7-9,12-13H2,1H3/t21-/m0/s1. The van der Waals surface area contributed by atoms with Gasteiger partial charge < -0.3 is 4.90 Å². The van der Waals surface area contributed by atoms with Crippen LogP contribution >= 0.6 is 0 Å². The summed E-state index contributed by atoms with van der Waals surface area (Å²) in [6.07, 6.45) is 3.44. The van der Waals surface area contributed by atoms with Crippen molar-refractivity contribution in [3.63, 3.8) is 0 Å². The highest BCUT2D eigenvalue weighted by Crippen LogP contribution is 2.32. The number of carbonyl (C=O) groups excluding carboxylic acids is 1. The normalized spacial score (nSPS) is 19.3. The lowest BCUT2D eigenvalue weighted by atomic mass is 9.98. The minimum Gasteiger partial charge on any atom is -0.338 e. The Morgan fingerprint density at radius 1 is 1.22 bits per heavy atom. The maximum Gasteiger partial charge on any atom is 0.277 e. The average Bonchev–Trinajstić information content (AvgIpc) is 3.20. The van der Waals surface area contributed by atoms with Crippen LogP contribution in [0.15, 0.2) is 29.1 Å². The van der Waals surface area contributed by atoms with Gasteiger partial charge in [0.05, 0.1) is 29.5 Å². The van der Waals surface area contributed by atoms with Crippen LogP contribution in [-0.4, -0.2) is 43.4 Å². The molecule has 1 saturated heterocycles. The number of halogens is 2. The lowest BCUT2D eigenvalue weighted by molar-refractivity contribution is -0.129. The molecule has 3 aromatic rings. The van der Waals surface area contributed by atoms with Crippen molar-refractivity contribution in [2.24, 2.45) is 0 Å². The first-order valence-corrected chi connectivity index (χ1v) is 11.0. The van der Waals surface area contributed by atoms with E-state index in [-0.39, 0.29) is 24.1 Å². The number of likely N-dealkylation sites (tertiary alicyclic amines) is 1. The van der Waals surface area contributed by atoms with Gasteiger partial charge in [0.25, 0.3) is 5.56 Å². The van der Waals surface area contributed by atoms with E-state index in [0.717, 1.165) is 43.3 Å². The molecule has 1 amide bonds. The number of H-pyrrole nitrogens is 1. The molecule has 168 valence electrons. The molecule has 4 heterocycles. The lowest BCUT2D eigenvalue weighted by Gasteiger charge is -2.35. The van der Waals surface area contributed by atoms with Gasteiger partial charge in [-0.25, -0.2) is 18.3 Å². The molecule has 0 spiro atoms. The number of nitrogens with zero attached hydrogens (tertiary/aromatic N) is 4. The molecule has 2 aliphatic heterocycles. The third-order valence-electron chi connectivity index (χ3n) is 6.59. The molecule has 0 saturated carbocycles. The minimum atomic E-state index is -0.588. The topological polar surface area (TPSA) is 73.7 Å². The maximum absolute atomic E-state index is 14.3. The highest BCUT2D eigenvalue weighted by atomic mass is 19.1. The quantitative estimate of drug-likeness (QED) is 0.678. The second-order valence-corrected chi connectivity index (χ2v) is 8.66. The van der Waals surface area contributed by atoms with E-state index < -0.39 is 11.6 Å². The van der Waals surface area contributed by atoms with Crippen LogP contribution in [0.4, 0.5) is 8.78 Å². The van der Waals surface area contributed by atoms with Crippen LogP contribution in [0.25, 0.3) is 5.65 Å². The van der Waals surface area contributed by atoms with E-state index >= 15 is 0 Å². The predicted molar refractivity (Wildman–Crippen MR) is 114 cm³/mol. The molecule has 7 nitrogen and oxygen atoms in total. The van der Waals surface area contributed by atoms with Crippen molar-refractivity contribution in [2.75, 3.05) is 13.1 Å². The zero-order valence-electron chi connectivity index (χ0n) is 17.9. The molecular weight excluding hydrogens is 416 g/mol. The number of aromatic amines is 1. The molecule has 0 bridgehead atoms. The lowest BCUT2D eigenvalue weighted by Crippen LogP contribution is -2.39. The van der Waals surface area contributed by atoms with Gasteiger partial charge in [-0.15, -0.1) is 0 Å². The SMILES string of the molecule is CC(=O)N1CCc2nc3cc([C@@H]4CCCCN4Cc4ccc(F)cc4F)[nH]n3c(=O)c2C1. The fourth-order valence-corrected chi connectivity index (χ4v) is 4.84. The smallest absolute Gasteiger partial charge is 0.277 e. The zero-order valence-corrected chi connectivity index (χ0v) is 17.9. The zero-order chi connectivity index (χ0) is 22.4. The third-order valence-corrected chi connectivity index (χ3v) is 6.59. The van der Waals surface area contributed by atoms with Gasteiger partial charge in [0.1, 0.15) is 11.6 Å². The molecule has 2 aromatic heterocycles. The number of fused-ring (bicyclic) bond motifs is 2. The largest absolute Gasteiger partial charge is 0.338 e. The molecule has 5 rings (SSSR count). The van der Waals surface area contributed by atoms with Gasteiger partial charge in [0.2, 0.25) is 5.91 Å². The molecule has 1 aromatic carbocycles. The van der Waals surface area contributed by atoms with E-state index in [9.17, 15) is 18.4 Å². The first kappa shape index (κ1) is 20.8. The van der Waals surface area contributed by atoms with Crippen LogP contribution in [-0.2, 0) is 24.3 Å². The molecular formula is C23H25F2N5O2. The number of piperidine rings is 1. The van der Waals surface area contributed by atoms with E-state index in [1.54, 1.807) is 4.90 Å². The number of rotatable bonds is 3. The fourth-order valence-electron chi connectivity index (χ4n) is 4.84. The van der Waals surface area contributed by atoms with Crippen molar-refractivity contribution in [3.8, 4) is 0 Å². The Morgan fingerprint density at radius 3 is 2.84 bits per heavy atom. The number of benzene rings is 1. The second kappa shape index (κ2) is 8.12. The van der Waals surface area contributed by atoms with Crippen LogP contribution in [0.3, 0.4) is 0 Å². The molecule has 32 heavy (non-hydrogen) atoms. The molecule has 1 N–H and O–H groups in total. The number of nitrogens with one attached hydrogen (secondary N) is 1. The second-order valence-electron chi connectivity index (χ2n) is 8.66. The number of aromatic nitrogens is 3. The van der Waals surface area contributed by atoms with Gasteiger partial charge in [0, 0.05) is 44.1 Å². The van der Waals surface area contributed by atoms with Crippen LogP contribution in [0.2, 0.25) is 0 Å². The first-order chi connectivity index (χ1) is 15.4. The fraction of sp³-hybridized carbons (Fsp3) is 0.435. The van der Waals surface area contributed by atoms with Crippen LogP contribution in [0, 0.1) is 11.6 Å². The monoisotopic (exact) mass is 441 g/mol. The molecule has 0 unspecified atom stereocenters. The van der Waals surface area contributed by atoms with Gasteiger partial charge in [-0.2, -0.15) is 0 Å². The molecule has 9 heteroatoms. The van der Waals surface area contributed by atoms with E-state index in [1.807, 2.05) is 6.07 Å². The molecule has 1 atom stereocenters. The van der Waals surface area contributed by atoms with E-state index in [1.165, 1.54) is 23.6 Å². The van der Waals surface area contributed by atoms with Gasteiger partial charge in [0.15, 0.2) is 5.65 Å². The Labute approximate surface area is 183 Å². The number of carbonyl (C=O) groups is 1. The predicted octanol–water partition coefficient (Wildman–Crippen LogP) is 2.93. The van der Waals surface area contributed by atoms with Gasteiger partial charge in [-0.1, -0.05) is 12.5 Å². The van der Waals surface area contributed by atoms with Gasteiger partial charge in [-0.3, -0.25) is 19.6 Å². The summed E-state index contributed by atoms with van der Waals surface area (Å²) in [5.74, 6) is -1.19. The number of amides is 1. The highest BCUT2D eigenvalue weighted by molar-refractivity contribution is 5.73. The van der Waals surface area contributed by atoms with Crippen LogP contribution in [0.5, 0.6) is 0 Å². The summed E-state index contributed by atoms with van der Waals surface area (Å²) in [6.45, 7) is 3.47. The Morgan fingerprint density at radius 2 is 2.06 bits per heavy atom. The van der Waals surface area contributed by atoms with Crippen LogP contribution < -0.4 is 5.56 Å². The highest BCUT2D eigenvalue weighted by Gasteiger charge is 2.28. The summed E-state index contributed by atoms with van der Waals surface area (Å²) in [5, 5.41) is 3.21. The van der Waals surface area contributed by atoms with E-state index in [2.05, 4.69) is 10.00 Å². The summed E-state index contributed by atoms with van der Waals surface area (Å²) in [5.41, 5.74) is 2.96. The van der Waals surface area contributed by atoms with Crippen molar-refractivity contribution in [1.29, 1.82) is 0 Å². The number of hydrogen-bond donors (Lipinski definition) is 1. The molecule has 1 fully saturated rings. The molecule has 0 radical (unpaired) electrons. The average molecular weight is 441 g/mol. The van der Waals surface area contributed by atoms with E-state index in [4.69, 9.17) is 4.98 Å². The van der Waals surface area contributed by atoms with Crippen molar-refractivity contribution < 1.29 is 13.6 Å². The summed E-state index contributed by atoms with van der Waals surface area (Å²) in [6, 6.07) is 5.54. The molecule has 0 aliphatic carbocycles. The summed E-state index contributed by atoms with van der Waals surface area (Å²) in [7, 11) is 0. The Kier molecular flexibility index (Phi) is 5.28.